The van der Waals surface area contributed by atoms with E-state index < -0.39 is 0 Å². The van der Waals surface area contributed by atoms with E-state index in [1.54, 1.807) is 18.2 Å². The number of hydrogen-bond donors (Lipinski definition) is 3. The van der Waals surface area contributed by atoms with E-state index in [4.69, 9.17) is 22.1 Å². The van der Waals surface area contributed by atoms with Gasteiger partial charge in [-0.15, -0.1) is 0 Å². The average molecular weight is 328 g/mol. The third-order valence-corrected chi connectivity index (χ3v) is 3.28. The first-order valence-electron chi connectivity index (χ1n) is 7.12. The van der Waals surface area contributed by atoms with Gasteiger partial charge in [0.2, 0.25) is 5.91 Å². The molecule has 0 saturated heterocycles. The topological polar surface area (TPSA) is 93.5 Å². The molecule has 1 rings (SSSR count). The van der Waals surface area contributed by atoms with E-state index in [1.165, 1.54) is 7.11 Å². The Labute approximate surface area is 135 Å². The van der Waals surface area contributed by atoms with Gasteiger partial charge in [0, 0.05) is 25.2 Å². The number of nitrogens with one attached hydrogen (secondary N) is 2. The molecule has 0 saturated carbocycles. The minimum absolute atomic E-state index is 0.107. The Morgan fingerprint density at radius 2 is 2.14 bits per heavy atom. The van der Waals surface area contributed by atoms with Crippen molar-refractivity contribution in [2.45, 2.75) is 25.9 Å². The highest BCUT2D eigenvalue weighted by atomic mass is 35.5. The van der Waals surface area contributed by atoms with Crippen LogP contribution >= 0.6 is 11.6 Å². The van der Waals surface area contributed by atoms with Crippen LogP contribution in [0.1, 0.15) is 30.1 Å². The molecule has 22 heavy (non-hydrogen) atoms. The van der Waals surface area contributed by atoms with Gasteiger partial charge in [0.1, 0.15) is 0 Å². The second-order valence-electron chi connectivity index (χ2n) is 4.79. The molecular weight excluding hydrogens is 306 g/mol. The molecular formula is C15H22ClN3O3. The van der Waals surface area contributed by atoms with Crippen LogP contribution in [-0.2, 0) is 9.53 Å². The van der Waals surface area contributed by atoms with Gasteiger partial charge in [0.25, 0.3) is 5.91 Å². The van der Waals surface area contributed by atoms with Gasteiger partial charge >= 0.3 is 0 Å². The molecule has 1 aromatic carbocycles. The molecule has 0 heterocycles. The summed E-state index contributed by atoms with van der Waals surface area (Å²) in [7, 11) is 1.49. The van der Waals surface area contributed by atoms with Gasteiger partial charge in [-0.1, -0.05) is 18.5 Å². The summed E-state index contributed by atoms with van der Waals surface area (Å²) in [5.74, 6) is -0.542. The summed E-state index contributed by atoms with van der Waals surface area (Å²) in [6.07, 6.45) is 0.569. The lowest BCUT2D eigenvalue weighted by Crippen LogP contribution is -2.29. The summed E-state index contributed by atoms with van der Waals surface area (Å²) in [6, 6.07) is 4.74. The van der Waals surface area contributed by atoms with Crippen molar-refractivity contribution in [1.29, 1.82) is 0 Å². The fraction of sp³-hybridized carbons (Fsp3) is 0.467. The standard InChI is InChI=1S/C15H22ClN3O3/c1-3-6-18-15(21)12-5-4-10(16)7-13(12)19-14(20)8-11(9-17)22-2/h4-5,7,11H,3,6,8-9,17H2,1-2H3,(H,18,21)(H,19,20). The third kappa shape index (κ3) is 5.63. The number of benzene rings is 1. The van der Waals surface area contributed by atoms with Crippen LogP contribution in [0.3, 0.4) is 0 Å². The van der Waals surface area contributed by atoms with E-state index in [0.717, 1.165) is 6.42 Å². The summed E-state index contributed by atoms with van der Waals surface area (Å²) in [5, 5.41) is 5.89. The van der Waals surface area contributed by atoms with Crippen LogP contribution < -0.4 is 16.4 Å². The monoisotopic (exact) mass is 327 g/mol. The quantitative estimate of drug-likeness (QED) is 0.678. The summed E-state index contributed by atoms with van der Waals surface area (Å²) < 4.78 is 5.07. The van der Waals surface area contributed by atoms with Crippen molar-refractivity contribution in [3.8, 4) is 0 Å². The largest absolute Gasteiger partial charge is 0.380 e. The van der Waals surface area contributed by atoms with Crippen LogP contribution in [0, 0.1) is 0 Å². The van der Waals surface area contributed by atoms with Crippen molar-refractivity contribution in [2.24, 2.45) is 5.73 Å². The normalized spacial score (nSPS) is 11.8. The van der Waals surface area contributed by atoms with Crippen LogP contribution in [0.5, 0.6) is 0 Å². The lowest BCUT2D eigenvalue weighted by molar-refractivity contribution is -0.118. The van der Waals surface area contributed by atoms with E-state index >= 15 is 0 Å². The zero-order valence-corrected chi connectivity index (χ0v) is 13.6. The number of rotatable bonds is 8. The molecule has 0 aliphatic rings. The predicted octanol–water partition coefficient (Wildman–Crippen LogP) is 1.78. The molecule has 0 aliphatic carbocycles. The van der Waals surface area contributed by atoms with Crippen molar-refractivity contribution < 1.29 is 14.3 Å². The Balaban J connectivity index is 2.86. The van der Waals surface area contributed by atoms with Gasteiger partial charge in [-0.25, -0.2) is 0 Å². The Morgan fingerprint density at radius 3 is 2.73 bits per heavy atom. The van der Waals surface area contributed by atoms with Crippen molar-refractivity contribution in [2.75, 3.05) is 25.5 Å². The van der Waals surface area contributed by atoms with Gasteiger partial charge in [-0.05, 0) is 24.6 Å². The maximum absolute atomic E-state index is 12.1. The number of anilines is 1. The number of hydrogen-bond acceptors (Lipinski definition) is 4. The Hall–Kier alpha value is -1.63. The van der Waals surface area contributed by atoms with Crippen LogP contribution in [0.25, 0.3) is 0 Å². The van der Waals surface area contributed by atoms with Gasteiger partial charge in [0.15, 0.2) is 0 Å². The number of nitrogens with two attached hydrogens (primary N) is 1. The molecule has 0 aliphatic heterocycles. The number of amides is 2. The molecule has 0 radical (unpaired) electrons. The van der Waals surface area contributed by atoms with E-state index in [0.29, 0.717) is 22.8 Å². The Bertz CT molecular complexity index is 519. The van der Waals surface area contributed by atoms with Gasteiger partial charge < -0.3 is 21.1 Å². The predicted molar refractivity (Wildman–Crippen MR) is 87.2 cm³/mol. The SMILES string of the molecule is CCCNC(=O)c1ccc(Cl)cc1NC(=O)CC(CN)OC. The molecule has 1 unspecified atom stereocenters. The molecule has 7 heteroatoms. The van der Waals surface area contributed by atoms with E-state index in [9.17, 15) is 9.59 Å². The molecule has 0 spiro atoms. The fourth-order valence-corrected chi connectivity index (χ4v) is 1.99. The van der Waals surface area contributed by atoms with Crippen LogP contribution in [0.2, 0.25) is 5.02 Å². The first kappa shape index (κ1) is 18.4. The van der Waals surface area contributed by atoms with Crippen LogP contribution in [0.4, 0.5) is 5.69 Å². The number of carbonyl (C=O) groups excluding carboxylic acids is 2. The highest BCUT2D eigenvalue weighted by molar-refractivity contribution is 6.31. The second kappa shape index (κ2) is 9.40. The highest BCUT2D eigenvalue weighted by Gasteiger charge is 2.16. The minimum Gasteiger partial charge on any atom is -0.380 e. The summed E-state index contributed by atoms with van der Waals surface area (Å²) >= 11 is 5.94. The lowest BCUT2D eigenvalue weighted by atomic mass is 10.1. The molecule has 1 atom stereocenters. The fourth-order valence-electron chi connectivity index (χ4n) is 1.82. The van der Waals surface area contributed by atoms with Gasteiger partial charge in [0.05, 0.1) is 23.8 Å². The smallest absolute Gasteiger partial charge is 0.253 e. The molecule has 2 amide bonds. The van der Waals surface area contributed by atoms with Crippen molar-refractivity contribution >= 4 is 29.1 Å². The van der Waals surface area contributed by atoms with Crippen molar-refractivity contribution in [3.63, 3.8) is 0 Å². The number of ether oxygens (including phenoxy) is 1. The molecule has 0 fully saturated rings. The van der Waals surface area contributed by atoms with E-state index in [1.807, 2.05) is 6.92 Å². The Morgan fingerprint density at radius 1 is 1.41 bits per heavy atom. The Kier molecular flexibility index (Phi) is 7.87. The molecule has 4 N–H and O–H groups in total. The number of methoxy groups -OCH3 is 1. The molecule has 0 aromatic heterocycles. The summed E-state index contributed by atoms with van der Waals surface area (Å²) in [6.45, 7) is 2.76. The van der Waals surface area contributed by atoms with Crippen molar-refractivity contribution in [1.82, 2.24) is 5.32 Å². The number of carbonyl (C=O) groups is 2. The van der Waals surface area contributed by atoms with Gasteiger partial charge in [-0.3, -0.25) is 9.59 Å². The van der Waals surface area contributed by atoms with Gasteiger partial charge in [-0.2, -0.15) is 0 Å². The first-order chi connectivity index (χ1) is 10.5. The first-order valence-corrected chi connectivity index (χ1v) is 7.50. The van der Waals surface area contributed by atoms with Crippen LogP contribution in [0.15, 0.2) is 18.2 Å². The average Bonchev–Trinajstić information content (AvgIpc) is 2.50. The summed E-state index contributed by atoms with van der Waals surface area (Å²) in [5.41, 5.74) is 6.23. The zero-order chi connectivity index (χ0) is 16.5. The number of halogens is 1. The lowest BCUT2D eigenvalue weighted by Gasteiger charge is -2.15. The van der Waals surface area contributed by atoms with E-state index in [2.05, 4.69) is 10.6 Å². The third-order valence-electron chi connectivity index (χ3n) is 3.05. The molecule has 6 nitrogen and oxygen atoms in total. The molecule has 122 valence electrons. The highest BCUT2D eigenvalue weighted by Crippen LogP contribution is 2.21. The van der Waals surface area contributed by atoms with Crippen molar-refractivity contribution in [3.05, 3.63) is 28.8 Å². The zero-order valence-electron chi connectivity index (χ0n) is 12.8. The minimum atomic E-state index is -0.364. The molecule has 1 aromatic rings. The van der Waals surface area contributed by atoms with Crippen LogP contribution in [-0.4, -0.2) is 38.1 Å². The maximum Gasteiger partial charge on any atom is 0.253 e. The summed E-state index contributed by atoms with van der Waals surface area (Å²) in [4.78, 5) is 24.1. The molecule has 0 bridgehead atoms. The maximum atomic E-state index is 12.1. The second-order valence-corrected chi connectivity index (χ2v) is 5.23. The van der Waals surface area contributed by atoms with E-state index in [-0.39, 0.29) is 30.9 Å².